The number of aryl methyl sites for hydroxylation is 1. The van der Waals surface area contributed by atoms with Gasteiger partial charge >= 0.3 is 6.09 Å². The highest BCUT2D eigenvalue weighted by molar-refractivity contribution is 5.68. The second-order valence-electron chi connectivity index (χ2n) is 5.95. The molecule has 0 unspecified atom stereocenters. The van der Waals surface area contributed by atoms with E-state index in [-0.39, 0.29) is 6.09 Å². The molecule has 0 aromatic carbocycles. The molecular weight excluding hydrogens is 240 g/mol. The molecule has 1 aliphatic rings. The Labute approximate surface area is 114 Å². The third-order valence-corrected chi connectivity index (χ3v) is 3.17. The van der Waals surface area contributed by atoms with Gasteiger partial charge in [0.25, 0.3) is 0 Å². The SMILES string of the molecule is CCc1cc2c(cn1)CCN(C(=O)OC(C)(C)C)C2. The summed E-state index contributed by atoms with van der Waals surface area (Å²) in [6, 6.07) is 2.10. The van der Waals surface area contributed by atoms with Crippen LogP contribution in [0.25, 0.3) is 0 Å². The highest BCUT2D eigenvalue weighted by atomic mass is 16.6. The maximum absolute atomic E-state index is 12.1. The van der Waals surface area contributed by atoms with Crippen LogP contribution in [0.1, 0.15) is 44.5 Å². The van der Waals surface area contributed by atoms with E-state index >= 15 is 0 Å². The minimum absolute atomic E-state index is 0.229. The second-order valence-corrected chi connectivity index (χ2v) is 5.95. The molecule has 0 saturated heterocycles. The van der Waals surface area contributed by atoms with Crippen molar-refractivity contribution in [3.8, 4) is 0 Å². The molecule has 1 amide bonds. The molecule has 1 aromatic heterocycles. The Morgan fingerprint density at radius 2 is 2.16 bits per heavy atom. The first-order chi connectivity index (χ1) is 8.89. The lowest BCUT2D eigenvalue weighted by atomic mass is 10.0. The first kappa shape index (κ1) is 13.8. The number of hydrogen-bond acceptors (Lipinski definition) is 3. The largest absolute Gasteiger partial charge is 0.444 e. The van der Waals surface area contributed by atoms with Crippen molar-refractivity contribution in [2.24, 2.45) is 0 Å². The summed E-state index contributed by atoms with van der Waals surface area (Å²) in [6.45, 7) is 9.09. The van der Waals surface area contributed by atoms with Crippen LogP contribution in [0.4, 0.5) is 4.79 Å². The van der Waals surface area contributed by atoms with Crippen LogP contribution in [0.2, 0.25) is 0 Å². The molecule has 0 saturated carbocycles. The molecule has 4 nitrogen and oxygen atoms in total. The maximum atomic E-state index is 12.1. The summed E-state index contributed by atoms with van der Waals surface area (Å²) in [6.07, 6.45) is 3.49. The van der Waals surface area contributed by atoms with Crippen molar-refractivity contribution >= 4 is 6.09 Å². The number of fused-ring (bicyclic) bond motifs is 1. The third-order valence-electron chi connectivity index (χ3n) is 3.17. The van der Waals surface area contributed by atoms with Crippen molar-refractivity contribution in [2.75, 3.05) is 6.54 Å². The van der Waals surface area contributed by atoms with Gasteiger partial charge in [0.2, 0.25) is 0 Å². The van der Waals surface area contributed by atoms with E-state index in [1.807, 2.05) is 27.0 Å². The van der Waals surface area contributed by atoms with Crippen molar-refractivity contribution < 1.29 is 9.53 Å². The number of carbonyl (C=O) groups excluding carboxylic acids is 1. The average Bonchev–Trinajstić information content (AvgIpc) is 2.35. The molecule has 2 rings (SSSR count). The van der Waals surface area contributed by atoms with Gasteiger partial charge in [-0.3, -0.25) is 4.98 Å². The second kappa shape index (κ2) is 5.19. The number of ether oxygens (including phenoxy) is 1. The standard InChI is InChI=1S/C15H22N2O2/c1-5-13-8-12-10-17(7-6-11(12)9-16-13)14(18)19-15(2,3)4/h8-9H,5-7,10H2,1-4H3. The van der Waals surface area contributed by atoms with Crippen LogP contribution >= 0.6 is 0 Å². The summed E-state index contributed by atoms with van der Waals surface area (Å²) in [5.74, 6) is 0. The number of nitrogens with zero attached hydrogens (tertiary/aromatic N) is 2. The Kier molecular flexibility index (Phi) is 3.78. The normalized spacial score (nSPS) is 15.1. The van der Waals surface area contributed by atoms with E-state index in [0.717, 1.165) is 18.5 Å². The van der Waals surface area contributed by atoms with Crippen molar-refractivity contribution in [2.45, 2.75) is 52.7 Å². The summed E-state index contributed by atoms with van der Waals surface area (Å²) < 4.78 is 5.42. The Morgan fingerprint density at radius 3 is 2.79 bits per heavy atom. The van der Waals surface area contributed by atoms with Gasteiger partial charge in [0, 0.05) is 25.0 Å². The Morgan fingerprint density at radius 1 is 1.42 bits per heavy atom. The number of pyridine rings is 1. The molecule has 0 bridgehead atoms. The summed E-state index contributed by atoms with van der Waals surface area (Å²) in [5, 5.41) is 0. The first-order valence-electron chi connectivity index (χ1n) is 6.83. The van der Waals surface area contributed by atoms with Gasteiger partial charge in [0.15, 0.2) is 0 Å². The fourth-order valence-corrected chi connectivity index (χ4v) is 2.16. The van der Waals surface area contributed by atoms with Crippen molar-refractivity contribution in [3.63, 3.8) is 0 Å². The van der Waals surface area contributed by atoms with E-state index in [2.05, 4.69) is 18.0 Å². The number of aromatic nitrogens is 1. The zero-order valence-electron chi connectivity index (χ0n) is 12.2. The van der Waals surface area contributed by atoms with Gasteiger partial charge < -0.3 is 9.64 Å². The molecule has 1 aliphatic heterocycles. The predicted octanol–water partition coefficient (Wildman–Crippen LogP) is 2.94. The highest BCUT2D eigenvalue weighted by Gasteiger charge is 2.25. The third kappa shape index (κ3) is 3.46. The predicted molar refractivity (Wildman–Crippen MR) is 74.0 cm³/mol. The van der Waals surface area contributed by atoms with Gasteiger partial charge in [0.05, 0.1) is 0 Å². The van der Waals surface area contributed by atoms with E-state index in [1.165, 1.54) is 11.1 Å². The fourth-order valence-electron chi connectivity index (χ4n) is 2.16. The smallest absolute Gasteiger partial charge is 0.410 e. The topological polar surface area (TPSA) is 42.4 Å². The summed E-state index contributed by atoms with van der Waals surface area (Å²) in [5.41, 5.74) is 3.08. The van der Waals surface area contributed by atoms with Crippen LogP contribution in [-0.2, 0) is 24.1 Å². The van der Waals surface area contributed by atoms with Gasteiger partial charge in [-0.2, -0.15) is 0 Å². The van der Waals surface area contributed by atoms with E-state index in [1.54, 1.807) is 4.90 Å². The molecule has 2 heterocycles. The van der Waals surface area contributed by atoms with E-state index in [0.29, 0.717) is 13.1 Å². The van der Waals surface area contributed by atoms with E-state index < -0.39 is 5.60 Å². The quantitative estimate of drug-likeness (QED) is 0.781. The number of hydrogen-bond donors (Lipinski definition) is 0. The van der Waals surface area contributed by atoms with Crippen LogP contribution in [0.3, 0.4) is 0 Å². The van der Waals surface area contributed by atoms with Crippen molar-refractivity contribution in [1.82, 2.24) is 9.88 Å². The van der Waals surface area contributed by atoms with Gasteiger partial charge in [-0.1, -0.05) is 6.92 Å². The summed E-state index contributed by atoms with van der Waals surface area (Å²) in [7, 11) is 0. The summed E-state index contributed by atoms with van der Waals surface area (Å²) in [4.78, 5) is 18.2. The Bertz CT molecular complexity index is 478. The minimum Gasteiger partial charge on any atom is -0.444 e. The zero-order valence-corrected chi connectivity index (χ0v) is 12.2. The van der Waals surface area contributed by atoms with Crippen molar-refractivity contribution in [3.05, 3.63) is 29.1 Å². The van der Waals surface area contributed by atoms with Gasteiger partial charge in [0.1, 0.15) is 5.60 Å². The molecule has 0 atom stereocenters. The molecule has 0 radical (unpaired) electrons. The van der Waals surface area contributed by atoms with Gasteiger partial charge in [-0.25, -0.2) is 4.79 Å². The number of amides is 1. The number of carbonyl (C=O) groups is 1. The fraction of sp³-hybridized carbons (Fsp3) is 0.600. The van der Waals surface area contributed by atoms with Gasteiger partial charge in [-0.15, -0.1) is 0 Å². The highest BCUT2D eigenvalue weighted by Crippen LogP contribution is 2.21. The van der Waals surface area contributed by atoms with E-state index in [4.69, 9.17) is 4.74 Å². The Hall–Kier alpha value is -1.58. The average molecular weight is 262 g/mol. The molecule has 1 aromatic rings. The zero-order chi connectivity index (χ0) is 14.0. The molecule has 0 N–H and O–H groups in total. The molecule has 4 heteroatoms. The van der Waals surface area contributed by atoms with Gasteiger partial charge in [-0.05, 0) is 50.8 Å². The molecular formula is C15H22N2O2. The molecule has 0 fully saturated rings. The van der Waals surface area contributed by atoms with E-state index in [9.17, 15) is 4.79 Å². The van der Waals surface area contributed by atoms with Crippen LogP contribution in [-0.4, -0.2) is 28.1 Å². The van der Waals surface area contributed by atoms with Crippen LogP contribution in [0.15, 0.2) is 12.3 Å². The molecule has 104 valence electrons. The molecule has 19 heavy (non-hydrogen) atoms. The Balaban J connectivity index is 2.10. The van der Waals surface area contributed by atoms with Crippen LogP contribution < -0.4 is 0 Å². The molecule has 0 spiro atoms. The van der Waals surface area contributed by atoms with Crippen LogP contribution in [0.5, 0.6) is 0 Å². The van der Waals surface area contributed by atoms with Crippen LogP contribution in [0, 0.1) is 0 Å². The lowest BCUT2D eigenvalue weighted by molar-refractivity contribution is 0.0223. The maximum Gasteiger partial charge on any atom is 0.410 e. The lowest BCUT2D eigenvalue weighted by Gasteiger charge is -2.31. The first-order valence-corrected chi connectivity index (χ1v) is 6.83. The lowest BCUT2D eigenvalue weighted by Crippen LogP contribution is -2.40. The molecule has 0 aliphatic carbocycles. The monoisotopic (exact) mass is 262 g/mol. The van der Waals surface area contributed by atoms with Crippen molar-refractivity contribution in [1.29, 1.82) is 0 Å². The summed E-state index contributed by atoms with van der Waals surface area (Å²) >= 11 is 0. The number of rotatable bonds is 1. The minimum atomic E-state index is -0.440.